The first-order valence-electron chi connectivity index (χ1n) is 5.69. The molecule has 1 aromatic rings. The molecule has 0 radical (unpaired) electrons. The number of aryl methyl sites for hydroxylation is 1. The first kappa shape index (κ1) is 14.2. The van der Waals surface area contributed by atoms with Crippen LogP contribution in [0.2, 0.25) is 0 Å². The predicted octanol–water partition coefficient (Wildman–Crippen LogP) is 0.755. The average Bonchev–Trinajstić information content (AvgIpc) is 2.28. The molecule has 0 fully saturated rings. The number of carbonyl (C=O) groups excluding carboxylic acids is 1. The fraction of sp³-hybridized carbons (Fsp3) is 0.385. The molecule has 0 aliphatic carbocycles. The maximum atomic E-state index is 11.3. The molecule has 0 bridgehead atoms. The third-order valence-electron chi connectivity index (χ3n) is 2.28. The van der Waals surface area contributed by atoms with E-state index in [4.69, 9.17) is 5.11 Å². The molecule has 0 spiro atoms. The highest BCUT2D eigenvalue weighted by atomic mass is 16.5. The topological polar surface area (TPSA) is 75.6 Å². The number of nitrogens with one attached hydrogen (secondary N) is 1. The van der Waals surface area contributed by atoms with Crippen molar-refractivity contribution in [1.82, 2.24) is 5.32 Å². The van der Waals surface area contributed by atoms with Crippen molar-refractivity contribution in [2.75, 3.05) is 19.8 Å². The van der Waals surface area contributed by atoms with Crippen LogP contribution in [0.1, 0.15) is 11.1 Å². The van der Waals surface area contributed by atoms with Gasteiger partial charge in [0.05, 0.1) is 0 Å². The zero-order chi connectivity index (χ0) is 13.4. The van der Waals surface area contributed by atoms with Gasteiger partial charge in [0.15, 0.2) is 0 Å². The Balaban J connectivity index is 2.17. The standard InChI is InChI=1S/C13H17NO4/c1-10-3-2-4-11(7-10)5-6-14-12(15)8-18-9-13(16)17/h2-4,7H,5-6,8-9H2,1H3,(H,14,15)(H,16,17). The van der Waals surface area contributed by atoms with Gasteiger partial charge in [0.1, 0.15) is 13.2 Å². The van der Waals surface area contributed by atoms with Crippen LogP contribution in [0.15, 0.2) is 24.3 Å². The number of amides is 1. The number of hydrogen-bond donors (Lipinski definition) is 2. The lowest BCUT2D eigenvalue weighted by Crippen LogP contribution is -2.30. The molecule has 98 valence electrons. The molecule has 0 saturated heterocycles. The third kappa shape index (κ3) is 6.00. The number of benzene rings is 1. The van der Waals surface area contributed by atoms with E-state index >= 15 is 0 Å². The van der Waals surface area contributed by atoms with Crippen molar-refractivity contribution in [3.05, 3.63) is 35.4 Å². The Morgan fingerprint density at radius 2 is 2.11 bits per heavy atom. The van der Waals surface area contributed by atoms with E-state index in [1.807, 2.05) is 25.1 Å². The maximum Gasteiger partial charge on any atom is 0.329 e. The molecule has 18 heavy (non-hydrogen) atoms. The number of hydrogen-bond acceptors (Lipinski definition) is 3. The molecule has 0 atom stereocenters. The summed E-state index contributed by atoms with van der Waals surface area (Å²) in [6, 6.07) is 8.05. The minimum absolute atomic E-state index is 0.222. The van der Waals surface area contributed by atoms with Gasteiger partial charge in [-0.2, -0.15) is 0 Å². The van der Waals surface area contributed by atoms with Crippen LogP contribution in [0, 0.1) is 6.92 Å². The van der Waals surface area contributed by atoms with E-state index in [0.29, 0.717) is 6.54 Å². The Bertz CT molecular complexity index is 417. The number of carboxylic acid groups (broad SMARTS) is 1. The molecule has 0 heterocycles. The molecule has 2 N–H and O–H groups in total. The summed E-state index contributed by atoms with van der Waals surface area (Å²) >= 11 is 0. The van der Waals surface area contributed by atoms with Crippen LogP contribution in [0.5, 0.6) is 0 Å². The van der Waals surface area contributed by atoms with E-state index in [9.17, 15) is 9.59 Å². The summed E-state index contributed by atoms with van der Waals surface area (Å²) in [5.74, 6) is -1.38. The van der Waals surface area contributed by atoms with Crippen LogP contribution in [0.3, 0.4) is 0 Å². The lowest BCUT2D eigenvalue weighted by molar-refractivity contribution is -0.143. The van der Waals surface area contributed by atoms with Gasteiger partial charge < -0.3 is 15.2 Å². The van der Waals surface area contributed by atoms with Gasteiger partial charge in [-0.25, -0.2) is 4.79 Å². The number of rotatable bonds is 7. The molecular weight excluding hydrogens is 234 g/mol. The Morgan fingerprint density at radius 3 is 2.78 bits per heavy atom. The highest BCUT2D eigenvalue weighted by Crippen LogP contribution is 2.03. The number of aliphatic carboxylic acids is 1. The van der Waals surface area contributed by atoms with Crippen molar-refractivity contribution in [3.8, 4) is 0 Å². The van der Waals surface area contributed by atoms with Crippen molar-refractivity contribution in [2.45, 2.75) is 13.3 Å². The molecule has 0 saturated carbocycles. The summed E-state index contributed by atoms with van der Waals surface area (Å²) in [6.07, 6.45) is 0.742. The Kier molecular flexibility index (Phi) is 5.87. The average molecular weight is 251 g/mol. The minimum atomic E-state index is -1.08. The summed E-state index contributed by atoms with van der Waals surface area (Å²) in [5.41, 5.74) is 2.34. The molecule has 0 aliphatic heterocycles. The summed E-state index contributed by atoms with van der Waals surface area (Å²) in [6.45, 7) is 1.85. The minimum Gasteiger partial charge on any atom is -0.480 e. The van der Waals surface area contributed by atoms with Crippen LogP contribution >= 0.6 is 0 Å². The highest BCUT2D eigenvalue weighted by molar-refractivity contribution is 5.77. The second kappa shape index (κ2) is 7.45. The molecule has 5 nitrogen and oxygen atoms in total. The van der Waals surface area contributed by atoms with Gasteiger partial charge in [-0.05, 0) is 18.9 Å². The van der Waals surface area contributed by atoms with E-state index in [0.717, 1.165) is 12.0 Å². The predicted molar refractivity (Wildman–Crippen MR) is 66.3 cm³/mol. The molecular formula is C13H17NO4. The van der Waals surface area contributed by atoms with Crippen molar-refractivity contribution in [3.63, 3.8) is 0 Å². The number of ether oxygens (including phenoxy) is 1. The lowest BCUT2D eigenvalue weighted by atomic mass is 10.1. The molecule has 1 rings (SSSR count). The van der Waals surface area contributed by atoms with Gasteiger partial charge in [0.25, 0.3) is 0 Å². The van der Waals surface area contributed by atoms with E-state index in [1.165, 1.54) is 5.56 Å². The zero-order valence-corrected chi connectivity index (χ0v) is 10.3. The normalized spacial score (nSPS) is 10.1. The molecule has 1 amide bonds. The second-order valence-corrected chi connectivity index (χ2v) is 3.98. The quantitative estimate of drug-likeness (QED) is 0.750. The van der Waals surface area contributed by atoms with Crippen LogP contribution in [-0.2, 0) is 20.7 Å². The summed E-state index contributed by atoms with van der Waals surface area (Å²) in [5, 5.41) is 11.0. The van der Waals surface area contributed by atoms with Crippen molar-refractivity contribution < 1.29 is 19.4 Å². The van der Waals surface area contributed by atoms with Gasteiger partial charge >= 0.3 is 5.97 Å². The first-order valence-corrected chi connectivity index (χ1v) is 5.69. The van der Waals surface area contributed by atoms with Crippen molar-refractivity contribution in [2.24, 2.45) is 0 Å². The Hall–Kier alpha value is -1.88. The summed E-state index contributed by atoms with van der Waals surface area (Å²) in [4.78, 5) is 21.4. The summed E-state index contributed by atoms with van der Waals surface area (Å²) in [7, 11) is 0. The summed E-state index contributed by atoms with van der Waals surface area (Å²) < 4.78 is 4.67. The van der Waals surface area contributed by atoms with Gasteiger partial charge in [-0.15, -0.1) is 0 Å². The van der Waals surface area contributed by atoms with E-state index in [1.54, 1.807) is 0 Å². The molecule has 5 heteroatoms. The smallest absolute Gasteiger partial charge is 0.329 e. The zero-order valence-electron chi connectivity index (χ0n) is 10.3. The van der Waals surface area contributed by atoms with Crippen molar-refractivity contribution in [1.29, 1.82) is 0 Å². The van der Waals surface area contributed by atoms with Gasteiger partial charge in [-0.1, -0.05) is 29.8 Å². The SMILES string of the molecule is Cc1cccc(CCNC(=O)COCC(=O)O)c1. The van der Waals surface area contributed by atoms with Gasteiger partial charge in [-0.3, -0.25) is 4.79 Å². The van der Waals surface area contributed by atoms with Crippen LogP contribution < -0.4 is 5.32 Å². The fourth-order valence-corrected chi connectivity index (χ4v) is 1.50. The number of carboxylic acids is 1. The largest absolute Gasteiger partial charge is 0.480 e. The molecule has 0 aromatic heterocycles. The third-order valence-corrected chi connectivity index (χ3v) is 2.28. The molecule has 0 unspecified atom stereocenters. The van der Waals surface area contributed by atoms with Gasteiger partial charge in [0, 0.05) is 6.54 Å². The number of carbonyl (C=O) groups is 2. The monoisotopic (exact) mass is 251 g/mol. The van der Waals surface area contributed by atoms with E-state index in [2.05, 4.69) is 16.1 Å². The molecule has 0 aliphatic rings. The first-order chi connectivity index (χ1) is 8.58. The van der Waals surface area contributed by atoms with Crippen molar-refractivity contribution >= 4 is 11.9 Å². The fourth-order valence-electron chi connectivity index (χ4n) is 1.50. The van der Waals surface area contributed by atoms with Crippen LogP contribution in [-0.4, -0.2) is 36.7 Å². The van der Waals surface area contributed by atoms with E-state index in [-0.39, 0.29) is 12.5 Å². The Morgan fingerprint density at radius 1 is 1.33 bits per heavy atom. The maximum absolute atomic E-state index is 11.3. The highest BCUT2D eigenvalue weighted by Gasteiger charge is 2.03. The molecule has 1 aromatic carbocycles. The van der Waals surface area contributed by atoms with Gasteiger partial charge in [0.2, 0.25) is 5.91 Å². The van der Waals surface area contributed by atoms with Crippen LogP contribution in [0.4, 0.5) is 0 Å². The van der Waals surface area contributed by atoms with E-state index < -0.39 is 12.6 Å². The second-order valence-electron chi connectivity index (χ2n) is 3.98. The van der Waals surface area contributed by atoms with Crippen LogP contribution in [0.25, 0.3) is 0 Å². The lowest BCUT2D eigenvalue weighted by Gasteiger charge is -2.06. The Labute approximate surface area is 106 Å².